The third kappa shape index (κ3) is 3.16. The first-order chi connectivity index (χ1) is 8.19. The second-order valence-electron chi connectivity index (χ2n) is 5.10. The first-order valence-corrected chi connectivity index (χ1v) is 6.41. The fourth-order valence-corrected chi connectivity index (χ4v) is 2.37. The highest BCUT2D eigenvalue weighted by molar-refractivity contribution is 5.29. The Bertz CT molecular complexity index is 349. The van der Waals surface area contributed by atoms with Crippen LogP contribution in [0.2, 0.25) is 0 Å². The molecular formula is C13H22N4. The van der Waals surface area contributed by atoms with Gasteiger partial charge in [-0.1, -0.05) is 6.92 Å². The van der Waals surface area contributed by atoms with Crippen molar-refractivity contribution in [3.8, 4) is 0 Å². The average molecular weight is 234 g/mol. The Hall–Kier alpha value is -1.16. The summed E-state index contributed by atoms with van der Waals surface area (Å²) in [6, 6.07) is 0.664. The van der Waals surface area contributed by atoms with Gasteiger partial charge in [0.2, 0.25) is 0 Å². The molecule has 1 aromatic heterocycles. The third-order valence-electron chi connectivity index (χ3n) is 3.57. The Morgan fingerprint density at radius 1 is 1.29 bits per heavy atom. The van der Waals surface area contributed by atoms with Gasteiger partial charge in [0.05, 0.1) is 18.1 Å². The largest absolute Gasteiger partial charge is 0.372 e. The van der Waals surface area contributed by atoms with E-state index in [4.69, 9.17) is 0 Å². The van der Waals surface area contributed by atoms with Crippen LogP contribution in [-0.4, -0.2) is 34.5 Å². The molecule has 2 unspecified atom stereocenters. The van der Waals surface area contributed by atoms with Crippen LogP contribution < -0.4 is 5.32 Å². The first-order valence-electron chi connectivity index (χ1n) is 6.41. The van der Waals surface area contributed by atoms with Crippen molar-refractivity contribution in [1.29, 1.82) is 0 Å². The summed E-state index contributed by atoms with van der Waals surface area (Å²) in [5.41, 5.74) is 1.06. The van der Waals surface area contributed by atoms with Crippen molar-refractivity contribution < 1.29 is 0 Å². The molecule has 17 heavy (non-hydrogen) atoms. The van der Waals surface area contributed by atoms with E-state index in [9.17, 15) is 0 Å². The van der Waals surface area contributed by atoms with Crippen LogP contribution in [0, 0.1) is 5.92 Å². The molecule has 1 aliphatic heterocycles. The Morgan fingerprint density at radius 2 is 2.12 bits per heavy atom. The number of anilines is 1. The smallest absolute Gasteiger partial charge is 0.144 e. The van der Waals surface area contributed by atoms with Crippen molar-refractivity contribution in [2.45, 2.75) is 39.3 Å². The van der Waals surface area contributed by atoms with Crippen LogP contribution in [0.4, 0.5) is 5.82 Å². The number of aromatic nitrogens is 2. The molecule has 4 heteroatoms. The Kier molecular flexibility index (Phi) is 3.94. The van der Waals surface area contributed by atoms with Crippen LogP contribution in [0.3, 0.4) is 0 Å². The van der Waals surface area contributed by atoms with Gasteiger partial charge in [-0.15, -0.1) is 0 Å². The van der Waals surface area contributed by atoms with Crippen LogP contribution in [0.1, 0.15) is 32.4 Å². The minimum Gasteiger partial charge on any atom is -0.372 e. The Labute approximate surface area is 103 Å². The molecule has 4 nitrogen and oxygen atoms in total. The molecule has 1 aliphatic rings. The highest BCUT2D eigenvalue weighted by Crippen LogP contribution is 2.22. The van der Waals surface area contributed by atoms with Crippen LogP contribution in [0.25, 0.3) is 0 Å². The van der Waals surface area contributed by atoms with E-state index in [1.807, 2.05) is 13.2 Å². The van der Waals surface area contributed by atoms with E-state index in [1.54, 1.807) is 6.20 Å². The van der Waals surface area contributed by atoms with Crippen molar-refractivity contribution in [2.75, 3.05) is 18.9 Å². The van der Waals surface area contributed by atoms with Crippen LogP contribution in [0.5, 0.6) is 0 Å². The number of nitrogens with one attached hydrogen (secondary N) is 1. The maximum absolute atomic E-state index is 4.44. The molecule has 0 aliphatic carbocycles. The third-order valence-corrected chi connectivity index (χ3v) is 3.57. The minimum atomic E-state index is 0.664. The van der Waals surface area contributed by atoms with Gasteiger partial charge < -0.3 is 5.32 Å². The lowest BCUT2D eigenvalue weighted by molar-refractivity contribution is 0.116. The van der Waals surface area contributed by atoms with Crippen molar-refractivity contribution in [3.05, 3.63) is 18.1 Å². The molecule has 2 heterocycles. The first kappa shape index (κ1) is 12.3. The van der Waals surface area contributed by atoms with Gasteiger partial charge in [-0.05, 0) is 25.7 Å². The van der Waals surface area contributed by atoms with E-state index in [1.165, 1.54) is 19.4 Å². The molecule has 0 bridgehead atoms. The molecule has 0 aromatic carbocycles. The summed E-state index contributed by atoms with van der Waals surface area (Å²) in [5, 5.41) is 2.99. The maximum atomic E-state index is 4.44. The molecule has 0 amide bonds. The van der Waals surface area contributed by atoms with E-state index >= 15 is 0 Å². The summed E-state index contributed by atoms with van der Waals surface area (Å²) in [6.07, 6.45) is 6.32. The number of nitrogens with zero attached hydrogens (tertiary/aromatic N) is 3. The number of rotatable bonds is 3. The molecule has 2 atom stereocenters. The van der Waals surface area contributed by atoms with Crippen molar-refractivity contribution >= 4 is 5.82 Å². The fraction of sp³-hybridized carbons (Fsp3) is 0.692. The standard InChI is InChI=1S/C13H22N4/c1-10-4-5-11(2)17(8-10)9-12-6-16-13(14-3)7-15-12/h6-7,10-11H,4-5,8-9H2,1-3H3,(H,14,16). The van der Waals surface area contributed by atoms with Gasteiger partial charge in [-0.2, -0.15) is 0 Å². The average Bonchev–Trinajstić information content (AvgIpc) is 2.35. The zero-order valence-electron chi connectivity index (χ0n) is 11.0. The summed E-state index contributed by atoms with van der Waals surface area (Å²) in [7, 11) is 1.86. The fourth-order valence-electron chi connectivity index (χ4n) is 2.37. The normalized spacial score (nSPS) is 25.8. The highest BCUT2D eigenvalue weighted by atomic mass is 15.2. The summed E-state index contributed by atoms with van der Waals surface area (Å²) in [4.78, 5) is 11.3. The Balaban J connectivity index is 1.98. The molecule has 0 saturated carbocycles. The predicted octanol–water partition coefficient (Wildman–Crippen LogP) is 2.14. The lowest BCUT2D eigenvalue weighted by atomic mass is 9.95. The van der Waals surface area contributed by atoms with Gasteiger partial charge in [-0.3, -0.25) is 9.88 Å². The molecular weight excluding hydrogens is 212 g/mol. The van der Waals surface area contributed by atoms with Crippen molar-refractivity contribution in [1.82, 2.24) is 14.9 Å². The van der Waals surface area contributed by atoms with Crippen LogP contribution in [-0.2, 0) is 6.54 Å². The zero-order chi connectivity index (χ0) is 12.3. The van der Waals surface area contributed by atoms with Crippen LogP contribution >= 0.6 is 0 Å². The number of hydrogen-bond acceptors (Lipinski definition) is 4. The topological polar surface area (TPSA) is 41.1 Å². The van der Waals surface area contributed by atoms with Gasteiger partial charge in [0, 0.05) is 26.2 Å². The number of likely N-dealkylation sites (tertiary alicyclic amines) is 1. The summed E-state index contributed by atoms with van der Waals surface area (Å²) in [6.45, 7) is 6.73. The number of hydrogen-bond donors (Lipinski definition) is 1. The SMILES string of the molecule is CNc1cnc(CN2CC(C)CCC2C)cn1. The molecule has 94 valence electrons. The summed E-state index contributed by atoms with van der Waals surface area (Å²) < 4.78 is 0. The quantitative estimate of drug-likeness (QED) is 0.870. The van der Waals surface area contributed by atoms with Crippen LogP contribution in [0.15, 0.2) is 12.4 Å². The van der Waals surface area contributed by atoms with Gasteiger partial charge in [0.15, 0.2) is 0 Å². The summed E-state index contributed by atoms with van der Waals surface area (Å²) in [5.74, 6) is 1.63. The lowest BCUT2D eigenvalue weighted by Gasteiger charge is -2.36. The minimum absolute atomic E-state index is 0.664. The van der Waals surface area contributed by atoms with Gasteiger partial charge in [0.25, 0.3) is 0 Å². The monoisotopic (exact) mass is 234 g/mol. The number of piperidine rings is 1. The second kappa shape index (κ2) is 5.45. The molecule has 0 spiro atoms. The highest BCUT2D eigenvalue weighted by Gasteiger charge is 2.22. The van der Waals surface area contributed by atoms with Crippen molar-refractivity contribution in [2.24, 2.45) is 5.92 Å². The molecule has 1 aromatic rings. The molecule has 0 radical (unpaired) electrons. The molecule has 1 saturated heterocycles. The van der Waals surface area contributed by atoms with E-state index < -0.39 is 0 Å². The van der Waals surface area contributed by atoms with Gasteiger partial charge in [0.1, 0.15) is 5.82 Å². The predicted molar refractivity (Wildman–Crippen MR) is 69.8 cm³/mol. The van der Waals surface area contributed by atoms with E-state index in [0.717, 1.165) is 24.0 Å². The van der Waals surface area contributed by atoms with E-state index in [-0.39, 0.29) is 0 Å². The van der Waals surface area contributed by atoms with E-state index in [2.05, 4.69) is 34.0 Å². The molecule has 1 fully saturated rings. The Morgan fingerprint density at radius 3 is 2.76 bits per heavy atom. The lowest BCUT2D eigenvalue weighted by Crippen LogP contribution is -2.40. The van der Waals surface area contributed by atoms with Gasteiger partial charge in [-0.25, -0.2) is 4.98 Å². The van der Waals surface area contributed by atoms with Gasteiger partial charge >= 0.3 is 0 Å². The summed E-state index contributed by atoms with van der Waals surface area (Å²) >= 11 is 0. The van der Waals surface area contributed by atoms with Crippen molar-refractivity contribution in [3.63, 3.8) is 0 Å². The molecule has 1 N–H and O–H groups in total. The zero-order valence-corrected chi connectivity index (χ0v) is 11.0. The molecule has 2 rings (SSSR count). The maximum Gasteiger partial charge on any atom is 0.144 e. The van der Waals surface area contributed by atoms with E-state index in [0.29, 0.717) is 6.04 Å². The second-order valence-corrected chi connectivity index (χ2v) is 5.10.